The first-order chi connectivity index (χ1) is 9.72. The van der Waals surface area contributed by atoms with Gasteiger partial charge in [-0.2, -0.15) is 0 Å². The van der Waals surface area contributed by atoms with E-state index in [2.05, 4.69) is 25.3 Å². The first-order valence-corrected chi connectivity index (χ1v) is 6.52. The van der Waals surface area contributed by atoms with E-state index < -0.39 is 0 Å². The second-order valence-electron chi connectivity index (χ2n) is 4.46. The molecule has 0 radical (unpaired) electrons. The standard InChI is InChI=1S/C14H19N5O/c1-10-12(8-16-6-7-20-3)11(2)19-14(18-10)13-9-15-4-5-17-13/h4-5,9,16H,6-8H2,1-3H3. The molecule has 0 atom stereocenters. The largest absolute Gasteiger partial charge is 0.383 e. The SMILES string of the molecule is COCCNCc1c(C)nc(-c2cnccn2)nc1C. The van der Waals surface area contributed by atoms with Gasteiger partial charge in [-0.05, 0) is 13.8 Å². The Bertz CT molecular complexity index is 536. The van der Waals surface area contributed by atoms with Gasteiger partial charge in [0.2, 0.25) is 0 Å². The van der Waals surface area contributed by atoms with Crippen LogP contribution < -0.4 is 5.32 Å². The Hall–Kier alpha value is -1.92. The highest BCUT2D eigenvalue weighted by Crippen LogP contribution is 2.16. The quantitative estimate of drug-likeness (QED) is 0.799. The Morgan fingerprint density at radius 3 is 2.50 bits per heavy atom. The number of ether oxygens (including phenoxy) is 1. The fraction of sp³-hybridized carbons (Fsp3) is 0.429. The molecule has 0 aromatic carbocycles. The minimum Gasteiger partial charge on any atom is -0.383 e. The lowest BCUT2D eigenvalue weighted by molar-refractivity contribution is 0.199. The predicted molar refractivity (Wildman–Crippen MR) is 76.1 cm³/mol. The van der Waals surface area contributed by atoms with Crippen LogP contribution in [0.15, 0.2) is 18.6 Å². The molecule has 2 aromatic rings. The zero-order valence-electron chi connectivity index (χ0n) is 12.1. The van der Waals surface area contributed by atoms with Crippen molar-refractivity contribution < 1.29 is 4.74 Å². The Morgan fingerprint density at radius 1 is 1.15 bits per heavy atom. The van der Waals surface area contributed by atoms with Crippen molar-refractivity contribution in [1.29, 1.82) is 0 Å². The molecule has 0 unspecified atom stereocenters. The van der Waals surface area contributed by atoms with Crippen molar-refractivity contribution in [3.63, 3.8) is 0 Å². The minimum absolute atomic E-state index is 0.619. The van der Waals surface area contributed by atoms with Crippen LogP contribution in [0.2, 0.25) is 0 Å². The van der Waals surface area contributed by atoms with Crippen molar-refractivity contribution in [3.05, 3.63) is 35.5 Å². The van der Waals surface area contributed by atoms with Gasteiger partial charge in [-0.15, -0.1) is 0 Å². The van der Waals surface area contributed by atoms with Crippen LogP contribution in [0.25, 0.3) is 11.5 Å². The molecule has 0 aliphatic rings. The second kappa shape index (κ2) is 7.02. The summed E-state index contributed by atoms with van der Waals surface area (Å²) in [6.07, 6.45) is 4.95. The van der Waals surface area contributed by atoms with E-state index in [4.69, 9.17) is 4.74 Å². The van der Waals surface area contributed by atoms with E-state index in [9.17, 15) is 0 Å². The van der Waals surface area contributed by atoms with Gasteiger partial charge < -0.3 is 10.1 Å². The molecule has 0 saturated heterocycles. The number of hydrogen-bond acceptors (Lipinski definition) is 6. The van der Waals surface area contributed by atoms with Gasteiger partial charge in [-0.25, -0.2) is 15.0 Å². The topological polar surface area (TPSA) is 72.8 Å². The molecule has 2 aromatic heterocycles. The van der Waals surface area contributed by atoms with Crippen LogP contribution in [0.5, 0.6) is 0 Å². The lowest BCUT2D eigenvalue weighted by Gasteiger charge is -2.11. The third kappa shape index (κ3) is 3.55. The fourth-order valence-electron chi connectivity index (χ4n) is 1.91. The third-order valence-corrected chi connectivity index (χ3v) is 3.00. The van der Waals surface area contributed by atoms with Crippen molar-refractivity contribution in [1.82, 2.24) is 25.3 Å². The average molecular weight is 273 g/mol. The Morgan fingerprint density at radius 2 is 1.90 bits per heavy atom. The molecular formula is C14H19N5O. The number of aryl methyl sites for hydroxylation is 2. The van der Waals surface area contributed by atoms with Gasteiger partial charge in [-0.1, -0.05) is 0 Å². The van der Waals surface area contributed by atoms with E-state index >= 15 is 0 Å². The van der Waals surface area contributed by atoms with Crippen LogP contribution in [-0.2, 0) is 11.3 Å². The summed E-state index contributed by atoms with van der Waals surface area (Å²) in [6, 6.07) is 0. The Labute approximate surface area is 118 Å². The normalized spacial score (nSPS) is 10.8. The van der Waals surface area contributed by atoms with Crippen LogP contribution in [0.4, 0.5) is 0 Å². The van der Waals surface area contributed by atoms with E-state index in [1.807, 2.05) is 13.8 Å². The molecule has 0 fully saturated rings. The summed E-state index contributed by atoms with van der Waals surface area (Å²) >= 11 is 0. The van der Waals surface area contributed by atoms with E-state index in [0.717, 1.165) is 30.0 Å². The van der Waals surface area contributed by atoms with Crippen LogP contribution in [0.3, 0.4) is 0 Å². The molecule has 0 spiro atoms. The van der Waals surface area contributed by atoms with Crippen LogP contribution in [0, 0.1) is 13.8 Å². The number of nitrogens with zero attached hydrogens (tertiary/aromatic N) is 4. The zero-order chi connectivity index (χ0) is 14.4. The summed E-state index contributed by atoms with van der Waals surface area (Å²) in [5.74, 6) is 0.619. The highest BCUT2D eigenvalue weighted by atomic mass is 16.5. The summed E-state index contributed by atoms with van der Waals surface area (Å²) in [7, 11) is 1.69. The van der Waals surface area contributed by atoms with Crippen LogP contribution in [0.1, 0.15) is 17.0 Å². The number of rotatable bonds is 6. The molecule has 0 aliphatic heterocycles. The summed E-state index contributed by atoms with van der Waals surface area (Å²) in [6.45, 7) is 6.21. The number of nitrogens with one attached hydrogen (secondary N) is 1. The summed E-state index contributed by atoms with van der Waals surface area (Å²) in [5, 5.41) is 3.31. The number of aromatic nitrogens is 4. The minimum atomic E-state index is 0.619. The van der Waals surface area contributed by atoms with E-state index in [1.165, 1.54) is 0 Å². The molecular weight excluding hydrogens is 254 g/mol. The maximum atomic E-state index is 5.01. The maximum Gasteiger partial charge on any atom is 0.180 e. The maximum absolute atomic E-state index is 5.01. The van der Waals surface area contributed by atoms with Gasteiger partial charge in [0.25, 0.3) is 0 Å². The summed E-state index contributed by atoms with van der Waals surface area (Å²) in [5.41, 5.74) is 3.73. The van der Waals surface area contributed by atoms with Gasteiger partial charge in [0.15, 0.2) is 5.82 Å². The molecule has 2 heterocycles. The highest BCUT2D eigenvalue weighted by molar-refractivity contribution is 5.48. The molecule has 20 heavy (non-hydrogen) atoms. The molecule has 0 amide bonds. The van der Waals surface area contributed by atoms with Crippen molar-refractivity contribution in [2.45, 2.75) is 20.4 Å². The highest BCUT2D eigenvalue weighted by Gasteiger charge is 2.10. The fourth-order valence-corrected chi connectivity index (χ4v) is 1.91. The van der Waals surface area contributed by atoms with Crippen molar-refractivity contribution >= 4 is 0 Å². The van der Waals surface area contributed by atoms with E-state index in [-0.39, 0.29) is 0 Å². The predicted octanol–water partition coefficient (Wildman–Crippen LogP) is 1.29. The van der Waals surface area contributed by atoms with Gasteiger partial charge in [0, 0.05) is 49.5 Å². The molecule has 6 nitrogen and oxygen atoms in total. The average Bonchev–Trinajstić information content (AvgIpc) is 2.46. The molecule has 1 N–H and O–H groups in total. The first kappa shape index (κ1) is 14.5. The van der Waals surface area contributed by atoms with Crippen LogP contribution in [-0.4, -0.2) is 40.2 Å². The molecule has 6 heteroatoms. The third-order valence-electron chi connectivity index (χ3n) is 3.00. The molecule has 2 rings (SSSR count). The molecule has 0 aliphatic carbocycles. The van der Waals surface area contributed by atoms with Gasteiger partial charge in [0.05, 0.1) is 12.8 Å². The van der Waals surface area contributed by atoms with Gasteiger partial charge >= 0.3 is 0 Å². The molecule has 106 valence electrons. The van der Waals surface area contributed by atoms with E-state index in [0.29, 0.717) is 18.1 Å². The van der Waals surface area contributed by atoms with E-state index in [1.54, 1.807) is 25.7 Å². The van der Waals surface area contributed by atoms with Gasteiger partial charge in [0.1, 0.15) is 5.69 Å². The summed E-state index contributed by atoms with van der Waals surface area (Å²) in [4.78, 5) is 17.3. The Kier molecular flexibility index (Phi) is 5.09. The molecule has 0 saturated carbocycles. The second-order valence-corrected chi connectivity index (χ2v) is 4.46. The monoisotopic (exact) mass is 273 g/mol. The van der Waals surface area contributed by atoms with Gasteiger partial charge in [-0.3, -0.25) is 4.98 Å². The lowest BCUT2D eigenvalue weighted by atomic mass is 10.1. The van der Waals surface area contributed by atoms with Crippen LogP contribution >= 0.6 is 0 Å². The summed E-state index contributed by atoms with van der Waals surface area (Å²) < 4.78 is 5.01. The molecule has 0 bridgehead atoms. The smallest absolute Gasteiger partial charge is 0.180 e. The number of methoxy groups -OCH3 is 1. The van der Waals surface area contributed by atoms with Crippen molar-refractivity contribution in [2.24, 2.45) is 0 Å². The Balaban J connectivity index is 2.17. The van der Waals surface area contributed by atoms with Crippen molar-refractivity contribution in [3.8, 4) is 11.5 Å². The number of hydrogen-bond donors (Lipinski definition) is 1. The van der Waals surface area contributed by atoms with Crippen molar-refractivity contribution in [2.75, 3.05) is 20.3 Å². The zero-order valence-corrected chi connectivity index (χ0v) is 12.1. The lowest BCUT2D eigenvalue weighted by Crippen LogP contribution is -2.20. The first-order valence-electron chi connectivity index (χ1n) is 6.52.